The normalized spacial score (nSPS) is 10.6. The predicted molar refractivity (Wildman–Crippen MR) is 83.6 cm³/mol. The first-order valence-electron chi connectivity index (χ1n) is 7.24. The molecule has 3 aromatic rings. The fourth-order valence-corrected chi connectivity index (χ4v) is 2.18. The zero-order valence-corrected chi connectivity index (χ0v) is 12.8. The van der Waals surface area contributed by atoms with Crippen LogP contribution in [0.3, 0.4) is 0 Å². The Kier molecular flexibility index (Phi) is 4.33. The number of nitrogens with one attached hydrogen (secondary N) is 1. The Hall–Kier alpha value is -3.09. The van der Waals surface area contributed by atoms with Crippen molar-refractivity contribution >= 4 is 5.91 Å². The number of aryl methyl sites for hydroxylation is 1. The first kappa shape index (κ1) is 15.8. The van der Waals surface area contributed by atoms with Crippen molar-refractivity contribution in [2.45, 2.75) is 13.5 Å². The van der Waals surface area contributed by atoms with E-state index in [9.17, 15) is 13.6 Å². The van der Waals surface area contributed by atoms with Crippen LogP contribution in [-0.2, 0) is 6.54 Å². The number of rotatable bonds is 4. The Labute approximate surface area is 136 Å². The van der Waals surface area contributed by atoms with Crippen molar-refractivity contribution in [1.29, 1.82) is 0 Å². The van der Waals surface area contributed by atoms with Gasteiger partial charge in [0.1, 0.15) is 11.6 Å². The van der Waals surface area contributed by atoms with Gasteiger partial charge in [0, 0.05) is 12.6 Å². The maximum Gasteiger partial charge on any atom is 0.273 e. The van der Waals surface area contributed by atoms with Crippen LogP contribution < -0.4 is 5.32 Å². The molecule has 0 atom stereocenters. The number of amides is 1. The van der Waals surface area contributed by atoms with Crippen LogP contribution in [0.1, 0.15) is 21.6 Å². The van der Waals surface area contributed by atoms with E-state index in [-0.39, 0.29) is 12.2 Å². The fourth-order valence-electron chi connectivity index (χ4n) is 2.18. The summed E-state index contributed by atoms with van der Waals surface area (Å²) >= 11 is 0. The maximum absolute atomic E-state index is 13.1. The van der Waals surface area contributed by atoms with Crippen LogP contribution in [-0.4, -0.2) is 20.9 Å². The topological polar surface area (TPSA) is 59.8 Å². The van der Waals surface area contributed by atoms with E-state index < -0.39 is 17.5 Å². The third-order valence-electron chi connectivity index (χ3n) is 3.40. The highest BCUT2D eigenvalue weighted by Crippen LogP contribution is 2.10. The molecule has 0 spiro atoms. The molecular formula is C17H14F2N4O. The molecular weight excluding hydrogens is 314 g/mol. The molecule has 0 aliphatic heterocycles. The number of benzene rings is 2. The van der Waals surface area contributed by atoms with Gasteiger partial charge in [-0.3, -0.25) is 4.79 Å². The molecule has 5 nitrogen and oxygen atoms in total. The van der Waals surface area contributed by atoms with E-state index in [1.807, 2.05) is 31.2 Å². The van der Waals surface area contributed by atoms with E-state index in [4.69, 9.17) is 0 Å². The van der Waals surface area contributed by atoms with Crippen LogP contribution in [0.5, 0.6) is 0 Å². The van der Waals surface area contributed by atoms with Gasteiger partial charge < -0.3 is 5.32 Å². The molecule has 0 unspecified atom stereocenters. The molecule has 0 fully saturated rings. The van der Waals surface area contributed by atoms with Crippen LogP contribution >= 0.6 is 0 Å². The molecule has 1 aromatic heterocycles. The van der Waals surface area contributed by atoms with Crippen molar-refractivity contribution in [3.8, 4) is 5.69 Å². The largest absolute Gasteiger partial charge is 0.347 e. The smallest absolute Gasteiger partial charge is 0.273 e. The molecule has 0 radical (unpaired) electrons. The molecule has 0 aliphatic carbocycles. The zero-order chi connectivity index (χ0) is 17.1. The van der Waals surface area contributed by atoms with Crippen molar-refractivity contribution in [2.24, 2.45) is 0 Å². The fraction of sp³-hybridized carbons (Fsp3) is 0.118. The van der Waals surface area contributed by atoms with Gasteiger partial charge in [0.05, 0.1) is 11.9 Å². The molecule has 24 heavy (non-hydrogen) atoms. The van der Waals surface area contributed by atoms with E-state index in [0.29, 0.717) is 5.56 Å². The summed E-state index contributed by atoms with van der Waals surface area (Å²) in [6.07, 6.45) is 1.49. The van der Waals surface area contributed by atoms with Crippen LogP contribution in [0.25, 0.3) is 5.69 Å². The highest BCUT2D eigenvalue weighted by molar-refractivity contribution is 5.91. The minimum absolute atomic E-state index is 0.00902. The minimum atomic E-state index is -0.690. The van der Waals surface area contributed by atoms with E-state index >= 15 is 0 Å². The quantitative estimate of drug-likeness (QED) is 0.801. The first-order chi connectivity index (χ1) is 11.5. The van der Waals surface area contributed by atoms with E-state index in [1.54, 1.807) is 0 Å². The van der Waals surface area contributed by atoms with E-state index in [0.717, 1.165) is 29.4 Å². The zero-order valence-electron chi connectivity index (χ0n) is 12.8. The second-order valence-corrected chi connectivity index (χ2v) is 5.34. The summed E-state index contributed by atoms with van der Waals surface area (Å²) in [6.45, 7) is 1.96. The Bertz CT molecular complexity index is 854. The summed E-state index contributed by atoms with van der Waals surface area (Å²) < 4.78 is 27.7. The number of nitrogens with zero attached hydrogens (tertiary/aromatic N) is 3. The predicted octanol–water partition coefficient (Wildman–Crippen LogP) is 2.78. The Morgan fingerprint density at radius 2 is 1.79 bits per heavy atom. The number of hydrogen-bond acceptors (Lipinski definition) is 3. The van der Waals surface area contributed by atoms with Crippen molar-refractivity contribution in [2.75, 3.05) is 0 Å². The third kappa shape index (κ3) is 3.62. The molecule has 0 saturated carbocycles. The van der Waals surface area contributed by atoms with Crippen molar-refractivity contribution < 1.29 is 13.6 Å². The van der Waals surface area contributed by atoms with Crippen molar-refractivity contribution in [1.82, 2.24) is 20.3 Å². The second kappa shape index (κ2) is 6.57. The molecule has 122 valence electrons. The Morgan fingerprint density at radius 1 is 1.12 bits per heavy atom. The maximum atomic E-state index is 13.1. The van der Waals surface area contributed by atoms with Gasteiger partial charge >= 0.3 is 0 Å². The van der Waals surface area contributed by atoms with Gasteiger partial charge in [0.25, 0.3) is 5.91 Å². The second-order valence-electron chi connectivity index (χ2n) is 5.34. The lowest BCUT2D eigenvalue weighted by Crippen LogP contribution is -2.23. The molecule has 1 N–H and O–H groups in total. The standard InChI is InChI=1S/C17H14F2N4O/c1-11-2-4-15(5-3-11)23-10-16(21-22-23)17(24)20-9-12-6-13(18)8-14(19)7-12/h2-8,10H,9H2,1H3,(H,20,24). The summed E-state index contributed by atoms with van der Waals surface area (Å²) in [5, 5.41) is 10.3. The van der Waals surface area contributed by atoms with Gasteiger partial charge in [-0.25, -0.2) is 13.5 Å². The molecule has 0 aliphatic rings. The number of carbonyl (C=O) groups is 1. The van der Waals surface area contributed by atoms with E-state index in [1.165, 1.54) is 10.9 Å². The molecule has 3 rings (SSSR count). The van der Waals surface area contributed by atoms with Gasteiger partial charge in [-0.15, -0.1) is 5.10 Å². The number of halogens is 2. The number of carbonyl (C=O) groups excluding carboxylic acids is 1. The van der Waals surface area contributed by atoms with Crippen LogP contribution in [0.2, 0.25) is 0 Å². The van der Waals surface area contributed by atoms with E-state index in [2.05, 4.69) is 15.6 Å². The molecule has 7 heteroatoms. The monoisotopic (exact) mass is 328 g/mol. The highest BCUT2D eigenvalue weighted by Gasteiger charge is 2.12. The van der Waals surface area contributed by atoms with Gasteiger partial charge in [0.15, 0.2) is 5.69 Å². The summed E-state index contributed by atoms with van der Waals surface area (Å²) in [4.78, 5) is 12.1. The lowest BCUT2D eigenvalue weighted by Gasteiger charge is -2.04. The number of hydrogen-bond donors (Lipinski definition) is 1. The molecule has 2 aromatic carbocycles. The minimum Gasteiger partial charge on any atom is -0.347 e. The van der Waals surface area contributed by atoms with Crippen LogP contribution in [0, 0.1) is 18.6 Å². The van der Waals surface area contributed by atoms with Gasteiger partial charge in [-0.05, 0) is 36.8 Å². The van der Waals surface area contributed by atoms with Crippen molar-refractivity contribution in [3.63, 3.8) is 0 Å². The van der Waals surface area contributed by atoms with Crippen molar-refractivity contribution in [3.05, 3.63) is 77.1 Å². The Balaban J connectivity index is 1.68. The average Bonchev–Trinajstić information content (AvgIpc) is 3.02. The summed E-state index contributed by atoms with van der Waals surface area (Å²) in [5.41, 5.74) is 2.33. The number of aromatic nitrogens is 3. The third-order valence-corrected chi connectivity index (χ3v) is 3.40. The highest BCUT2D eigenvalue weighted by atomic mass is 19.1. The molecule has 0 bridgehead atoms. The summed E-state index contributed by atoms with van der Waals surface area (Å²) in [7, 11) is 0. The lowest BCUT2D eigenvalue weighted by atomic mass is 10.2. The lowest BCUT2D eigenvalue weighted by molar-refractivity contribution is 0.0945. The summed E-state index contributed by atoms with van der Waals surface area (Å²) in [6, 6.07) is 10.7. The average molecular weight is 328 g/mol. The van der Waals surface area contributed by atoms with Gasteiger partial charge in [-0.1, -0.05) is 22.9 Å². The molecule has 0 saturated heterocycles. The van der Waals surface area contributed by atoms with Crippen LogP contribution in [0.4, 0.5) is 8.78 Å². The van der Waals surface area contributed by atoms with Gasteiger partial charge in [-0.2, -0.15) is 0 Å². The first-order valence-corrected chi connectivity index (χ1v) is 7.24. The Morgan fingerprint density at radius 3 is 2.46 bits per heavy atom. The van der Waals surface area contributed by atoms with Gasteiger partial charge in [0.2, 0.25) is 0 Å². The SMILES string of the molecule is Cc1ccc(-n2cc(C(=O)NCc3cc(F)cc(F)c3)nn2)cc1. The van der Waals surface area contributed by atoms with Crippen LogP contribution in [0.15, 0.2) is 48.7 Å². The molecule has 1 heterocycles. The summed E-state index contributed by atoms with van der Waals surface area (Å²) in [5.74, 6) is -1.85. The molecule has 1 amide bonds.